The van der Waals surface area contributed by atoms with E-state index in [1.807, 2.05) is 32.0 Å². The number of amides is 1. The molecule has 0 spiro atoms. The summed E-state index contributed by atoms with van der Waals surface area (Å²) in [5, 5.41) is 2.66. The van der Waals surface area contributed by atoms with Crippen LogP contribution in [0.1, 0.15) is 16.7 Å². The van der Waals surface area contributed by atoms with E-state index in [2.05, 4.69) is 5.32 Å². The maximum Gasteiger partial charge on any atom is 0.416 e. The van der Waals surface area contributed by atoms with Crippen LogP contribution in [0.4, 0.5) is 18.9 Å². The number of rotatable bonds is 5. The van der Waals surface area contributed by atoms with Crippen LogP contribution < -0.4 is 15.5 Å². The molecule has 1 amide bonds. The third-order valence-electron chi connectivity index (χ3n) is 5.14. The molecule has 0 aliphatic heterocycles. The number of ether oxygens (including phenoxy) is 1. The number of alkyl halides is 3. The van der Waals surface area contributed by atoms with E-state index in [0.717, 1.165) is 23.3 Å². The Morgan fingerprint density at radius 3 is 2.38 bits per heavy atom. The van der Waals surface area contributed by atoms with Crippen molar-refractivity contribution in [1.82, 2.24) is 0 Å². The van der Waals surface area contributed by atoms with Crippen molar-refractivity contribution in [3.63, 3.8) is 0 Å². The van der Waals surface area contributed by atoms with E-state index in [9.17, 15) is 22.8 Å². The first-order chi connectivity index (χ1) is 16.1. The topological polar surface area (TPSA) is 68.5 Å². The van der Waals surface area contributed by atoms with Gasteiger partial charge in [-0.1, -0.05) is 47.5 Å². The Bertz CT molecular complexity index is 1420. The molecular weight excluding hydrogens is 447 g/mol. The highest BCUT2D eigenvalue weighted by Gasteiger charge is 2.30. The van der Waals surface area contributed by atoms with Gasteiger partial charge in [0, 0.05) is 11.3 Å². The van der Waals surface area contributed by atoms with Gasteiger partial charge >= 0.3 is 6.18 Å². The Morgan fingerprint density at radius 2 is 1.68 bits per heavy atom. The molecule has 1 N–H and O–H groups in total. The third-order valence-corrected chi connectivity index (χ3v) is 5.14. The first kappa shape index (κ1) is 23.1. The van der Waals surface area contributed by atoms with Gasteiger partial charge in [-0.25, -0.2) is 0 Å². The molecule has 4 aromatic rings. The smallest absolute Gasteiger partial charge is 0.416 e. The van der Waals surface area contributed by atoms with E-state index in [1.165, 1.54) is 12.1 Å². The van der Waals surface area contributed by atoms with Gasteiger partial charge in [0.15, 0.2) is 12.4 Å². The predicted octanol–water partition coefficient (Wildman–Crippen LogP) is 6.11. The minimum absolute atomic E-state index is 0.0386. The molecule has 0 bridgehead atoms. The summed E-state index contributed by atoms with van der Waals surface area (Å²) in [6.07, 6.45) is -4.54. The Hall–Kier alpha value is -4.07. The van der Waals surface area contributed by atoms with Gasteiger partial charge in [0.1, 0.15) is 5.58 Å². The molecule has 1 heterocycles. The van der Waals surface area contributed by atoms with Crippen molar-refractivity contribution in [2.45, 2.75) is 20.0 Å². The van der Waals surface area contributed by atoms with Crippen LogP contribution in [0.15, 0.2) is 75.9 Å². The van der Waals surface area contributed by atoms with Gasteiger partial charge < -0.3 is 14.5 Å². The second-order valence-corrected chi connectivity index (χ2v) is 7.87. The zero-order valence-electron chi connectivity index (χ0n) is 18.3. The number of nitrogens with one attached hydrogen (secondary N) is 1. The lowest BCUT2D eigenvalue weighted by atomic mass is 10.1. The number of halogens is 3. The van der Waals surface area contributed by atoms with Crippen LogP contribution in [0, 0.1) is 13.8 Å². The fourth-order valence-corrected chi connectivity index (χ4v) is 3.43. The molecule has 0 atom stereocenters. The first-order valence-electron chi connectivity index (χ1n) is 10.4. The number of hydrogen-bond acceptors (Lipinski definition) is 4. The van der Waals surface area contributed by atoms with Crippen molar-refractivity contribution in [3.05, 3.63) is 93.6 Å². The van der Waals surface area contributed by atoms with E-state index < -0.39 is 29.7 Å². The van der Waals surface area contributed by atoms with E-state index in [4.69, 9.17) is 9.15 Å². The summed E-state index contributed by atoms with van der Waals surface area (Å²) < 4.78 is 50.3. The molecule has 3 aromatic carbocycles. The maximum atomic E-state index is 13.2. The number of benzene rings is 3. The Kier molecular flexibility index (Phi) is 6.15. The van der Waals surface area contributed by atoms with Gasteiger partial charge in [-0.05, 0) is 44.2 Å². The zero-order valence-corrected chi connectivity index (χ0v) is 18.3. The zero-order chi connectivity index (χ0) is 24.5. The van der Waals surface area contributed by atoms with E-state index in [0.29, 0.717) is 16.5 Å². The van der Waals surface area contributed by atoms with Crippen molar-refractivity contribution in [2.24, 2.45) is 0 Å². The van der Waals surface area contributed by atoms with Crippen molar-refractivity contribution < 1.29 is 27.1 Å². The summed E-state index contributed by atoms with van der Waals surface area (Å²) in [6.45, 7) is 3.14. The number of fused-ring (bicyclic) bond motifs is 1. The average Bonchev–Trinajstić information content (AvgIpc) is 2.79. The minimum Gasteiger partial charge on any atom is -0.476 e. The number of carbonyl (C=O) groups is 1. The SMILES string of the molecule is Cc1ccc(-c2oc3ccc(C)cc3c(=O)c2OCC(=O)Nc2cccc(C(F)(F)F)c2)cc1. The summed E-state index contributed by atoms with van der Waals surface area (Å²) in [7, 11) is 0. The van der Waals surface area contributed by atoms with Crippen LogP contribution in [0.25, 0.3) is 22.3 Å². The van der Waals surface area contributed by atoms with Gasteiger partial charge in [0.05, 0.1) is 10.9 Å². The van der Waals surface area contributed by atoms with E-state index >= 15 is 0 Å². The van der Waals surface area contributed by atoms with Gasteiger partial charge in [-0.3, -0.25) is 9.59 Å². The van der Waals surface area contributed by atoms with Crippen LogP contribution in [-0.4, -0.2) is 12.5 Å². The summed E-state index contributed by atoms with van der Waals surface area (Å²) in [4.78, 5) is 25.6. The molecule has 174 valence electrons. The minimum atomic E-state index is -4.54. The number of carbonyl (C=O) groups excluding carboxylic acids is 1. The van der Waals surface area contributed by atoms with Gasteiger partial charge in [-0.2, -0.15) is 13.2 Å². The highest BCUT2D eigenvalue weighted by Crippen LogP contribution is 2.32. The third kappa shape index (κ3) is 4.96. The van der Waals surface area contributed by atoms with Crippen LogP contribution >= 0.6 is 0 Å². The highest BCUT2D eigenvalue weighted by molar-refractivity contribution is 5.92. The number of anilines is 1. The van der Waals surface area contributed by atoms with Crippen molar-refractivity contribution in [1.29, 1.82) is 0 Å². The van der Waals surface area contributed by atoms with Gasteiger partial charge in [-0.15, -0.1) is 0 Å². The molecule has 0 saturated heterocycles. The van der Waals surface area contributed by atoms with Crippen LogP contribution in [0.3, 0.4) is 0 Å². The molecule has 0 aliphatic carbocycles. The largest absolute Gasteiger partial charge is 0.476 e. The van der Waals surface area contributed by atoms with Crippen molar-refractivity contribution in [2.75, 3.05) is 11.9 Å². The molecule has 0 saturated carbocycles. The Labute approximate surface area is 192 Å². The van der Waals surface area contributed by atoms with Crippen molar-refractivity contribution in [3.8, 4) is 17.1 Å². The molecule has 0 fully saturated rings. The fraction of sp³-hybridized carbons (Fsp3) is 0.154. The maximum absolute atomic E-state index is 13.2. The average molecular weight is 467 g/mol. The fourth-order valence-electron chi connectivity index (χ4n) is 3.43. The van der Waals surface area contributed by atoms with E-state index in [-0.39, 0.29) is 17.2 Å². The summed E-state index contributed by atoms with van der Waals surface area (Å²) >= 11 is 0. The second kappa shape index (κ2) is 9.05. The Morgan fingerprint density at radius 1 is 0.971 bits per heavy atom. The summed E-state index contributed by atoms with van der Waals surface area (Å²) in [6, 6.07) is 16.6. The molecule has 8 heteroatoms. The number of hydrogen-bond donors (Lipinski definition) is 1. The van der Waals surface area contributed by atoms with Gasteiger partial charge in [0.25, 0.3) is 5.91 Å². The first-order valence-corrected chi connectivity index (χ1v) is 10.4. The normalized spacial score (nSPS) is 11.4. The lowest BCUT2D eigenvalue weighted by molar-refractivity contribution is -0.137. The Balaban J connectivity index is 1.65. The lowest BCUT2D eigenvalue weighted by Gasteiger charge is -2.13. The molecule has 0 unspecified atom stereocenters. The summed E-state index contributed by atoms with van der Waals surface area (Å²) in [5.41, 5.74) is 1.42. The summed E-state index contributed by atoms with van der Waals surface area (Å²) in [5.74, 6) is -0.715. The van der Waals surface area contributed by atoms with E-state index in [1.54, 1.807) is 24.3 Å². The molecular formula is C26H20F3NO4. The molecule has 0 radical (unpaired) electrons. The van der Waals surface area contributed by atoms with Crippen molar-refractivity contribution >= 4 is 22.6 Å². The standard InChI is InChI=1S/C26H20F3NO4/c1-15-6-9-17(10-7-15)24-25(23(32)20-12-16(2)8-11-21(20)34-24)33-14-22(31)30-19-5-3-4-18(13-19)26(27,28)29/h3-13H,14H2,1-2H3,(H,30,31). The molecule has 34 heavy (non-hydrogen) atoms. The van der Waals surface area contributed by atoms with Crippen LogP contribution in [0.2, 0.25) is 0 Å². The lowest BCUT2D eigenvalue weighted by Crippen LogP contribution is -2.23. The van der Waals surface area contributed by atoms with Crippen LogP contribution in [-0.2, 0) is 11.0 Å². The number of aryl methyl sites for hydroxylation is 2. The van der Waals surface area contributed by atoms with Gasteiger partial charge in [0.2, 0.25) is 11.2 Å². The van der Waals surface area contributed by atoms with Crippen LogP contribution in [0.5, 0.6) is 5.75 Å². The second-order valence-electron chi connectivity index (χ2n) is 7.87. The monoisotopic (exact) mass is 467 g/mol. The molecule has 0 aliphatic rings. The molecule has 5 nitrogen and oxygen atoms in total. The highest BCUT2D eigenvalue weighted by atomic mass is 19.4. The predicted molar refractivity (Wildman–Crippen MR) is 123 cm³/mol. The quantitative estimate of drug-likeness (QED) is 0.384. The molecule has 1 aromatic heterocycles. The molecule has 4 rings (SSSR count).